The minimum absolute atomic E-state index is 0. The summed E-state index contributed by atoms with van der Waals surface area (Å²) in [4.78, 5) is 0. The Hall–Kier alpha value is -0.650. The molecule has 0 radical (unpaired) electrons. The largest absolute Gasteiger partial charge is 0.493 e. The van der Waals surface area contributed by atoms with E-state index in [9.17, 15) is 0 Å². The van der Waals surface area contributed by atoms with Gasteiger partial charge >= 0.3 is 0 Å². The first-order valence-corrected chi connectivity index (χ1v) is 10.3. The van der Waals surface area contributed by atoms with Gasteiger partial charge in [-0.3, -0.25) is 0 Å². The van der Waals surface area contributed by atoms with Crippen molar-refractivity contribution in [1.29, 1.82) is 0 Å². The Kier molecular flexibility index (Phi) is 9.03. The summed E-state index contributed by atoms with van der Waals surface area (Å²) in [6.07, 6.45) is 5.18. The van der Waals surface area contributed by atoms with Crippen molar-refractivity contribution in [2.24, 2.45) is 0 Å². The van der Waals surface area contributed by atoms with E-state index in [1.165, 1.54) is 25.7 Å². The van der Waals surface area contributed by atoms with Crippen LogP contribution >= 0.6 is 51.5 Å². The number of hydrogen-bond donors (Lipinski definition) is 1. The van der Waals surface area contributed by atoms with Gasteiger partial charge in [-0.2, -0.15) is 0 Å². The van der Waals surface area contributed by atoms with Gasteiger partial charge in [-0.15, -0.1) is 12.4 Å². The number of nitrogens with one attached hydrogen (secondary N) is 1. The molecule has 0 atom stereocenters. The van der Waals surface area contributed by atoms with Crippen molar-refractivity contribution >= 4 is 51.5 Å². The Balaban J connectivity index is 0.00000261. The number of methoxy groups -OCH3 is 1. The molecule has 0 unspecified atom stereocenters. The average molecular weight is 496 g/mol. The lowest BCUT2D eigenvalue weighted by Crippen LogP contribution is -2.25. The molecule has 0 spiro atoms. The fourth-order valence-corrected chi connectivity index (χ4v) is 4.26. The zero-order valence-corrected chi connectivity index (χ0v) is 19.0. The second kappa shape index (κ2) is 10.8. The second-order valence-electron chi connectivity index (χ2n) is 6.50. The maximum atomic E-state index is 6.22. The van der Waals surface area contributed by atoms with Gasteiger partial charge in [-0.25, -0.2) is 0 Å². The Bertz CT molecular complexity index is 767. The highest BCUT2D eigenvalue weighted by Gasteiger charge is 2.16. The highest BCUT2D eigenvalue weighted by molar-refractivity contribution is 9.10. The molecule has 3 nitrogen and oxygen atoms in total. The highest BCUT2D eigenvalue weighted by Crippen LogP contribution is 2.37. The van der Waals surface area contributed by atoms with E-state index in [1.807, 2.05) is 12.1 Å². The summed E-state index contributed by atoms with van der Waals surface area (Å²) >= 11 is 15.8. The predicted octanol–water partition coefficient (Wildman–Crippen LogP) is 6.80. The molecule has 0 amide bonds. The standard InChI is InChI=1S/C20H22BrCl2NO2.ClH/c1-25-19-9-13(11-24-16-4-2-3-5-16)8-17(21)20(19)26-12-14-6-7-15(22)10-18(14)23;/h6-10,16,24H,2-5,11-12H2,1H3;1H. The van der Waals surface area contributed by atoms with E-state index in [4.69, 9.17) is 32.7 Å². The van der Waals surface area contributed by atoms with Crippen molar-refractivity contribution in [3.63, 3.8) is 0 Å². The van der Waals surface area contributed by atoms with Gasteiger partial charge in [0.15, 0.2) is 11.5 Å². The Morgan fingerprint density at radius 1 is 1.15 bits per heavy atom. The van der Waals surface area contributed by atoms with E-state index in [1.54, 1.807) is 19.2 Å². The van der Waals surface area contributed by atoms with Crippen molar-refractivity contribution in [3.05, 3.63) is 56.0 Å². The van der Waals surface area contributed by atoms with Crippen molar-refractivity contribution in [3.8, 4) is 11.5 Å². The maximum Gasteiger partial charge on any atom is 0.175 e. The lowest BCUT2D eigenvalue weighted by atomic mass is 10.1. The van der Waals surface area contributed by atoms with Crippen molar-refractivity contribution < 1.29 is 9.47 Å². The normalized spacial score (nSPS) is 14.1. The molecule has 1 saturated carbocycles. The molecule has 0 saturated heterocycles. The van der Waals surface area contributed by atoms with Crippen LogP contribution in [0.4, 0.5) is 0 Å². The molecule has 0 aliphatic heterocycles. The monoisotopic (exact) mass is 493 g/mol. The van der Waals surface area contributed by atoms with Gasteiger partial charge in [-0.05, 0) is 58.6 Å². The number of ether oxygens (including phenoxy) is 2. The summed E-state index contributed by atoms with van der Waals surface area (Å²) in [5.74, 6) is 1.37. The van der Waals surface area contributed by atoms with Gasteiger partial charge < -0.3 is 14.8 Å². The highest BCUT2D eigenvalue weighted by atomic mass is 79.9. The Morgan fingerprint density at radius 2 is 1.89 bits per heavy atom. The summed E-state index contributed by atoms with van der Waals surface area (Å²) in [7, 11) is 1.65. The summed E-state index contributed by atoms with van der Waals surface area (Å²) < 4.78 is 12.4. The number of rotatable bonds is 7. The lowest BCUT2D eigenvalue weighted by molar-refractivity contribution is 0.282. The molecule has 1 fully saturated rings. The first kappa shape index (κ1) is 22.6. The molecule has 27 heavy (non-hydrogen) atoms. The molecule has 2 aromatic carbocycles. The smallest absolute Gasteiger partial charge is 0.175 e. The van der Waals surface area contributed by atoms with E-state index in [2.05, 4.69) is 27.3 Å². The molecule has 1 aliphatic rings. The third-order valence-electron chi connectivity index (χ3n) is 4.63. The minimum atomic E-state index is 0. The van der Waals surface area contributed by atoms with E-state index in [0.717, 1.165) is 22.1 Å². The summed E-state index contributed by atoms with van der Waals surface area (Å²) in [5, 5.41) is 4.82. The first-order chi connectivity index (χ1) is 12.6. The third-order valence-corrected chi connectivity index (χ3v) is 5.80. The van der Waals surface area contributed by atoms with E-state index < -0.39 is 0 Å². The van der Waals surface area contributed by atoms with Crippen LogP contribution in [-0.4, -0.2) is 13.2 Å². The molecule has 0 bridgehead atoms. The van der Waals surface area contributed by atoms with Crippen LogP contribution in [-0.2, 0) is 13.2 Å². The Morgan fingerprint density at radius 3 is 2.56 bits per heavy atom. The predicted molar refractivity (Wildman–Crippen MR) is 118 cm³/mol. The van der Waals surface area contributed by atoms with Crippen molar-refractivity contribution in [2.75, 3.05) is 7.11 Å². The van der Waals surface area contributed by atoms with Crippen LogP contribution in [0, 0.1) is 0 Å². The maximum absolute atomic E-state index is 6.22. The molecular weight excluding hydrogens is 472 g/mol. The van der Waals surface area contributed by atoms with Crippen LogP contribution in [0.3, 0.4) is 0 Å². The fraction of sp³-hybridized carbons (Fsp3) is 0.400. The minimum Gasteiger partial charge on any atom is -0.493 e. The zero-order valence-electron chi connectivity index (χ0n) is 15.1. The summed E-state index contributed by atoms with van der Waals surface area (Å²) in [6, 6.07) is 10.1. The van der Waals surface area contributed by atoms with Crippen molar-refractivity contribution in [2.45, 2.75) is 44.9 Å². The lowest BCUT2D eigenvalue weighted by Gasteiger charge is -2.16. The third kappa shape index (κ3) is 6.16. The number of halogens is 4. The Labute approximate surface area is 185 Å². The van der Waals surface area contributed by atoms with E-state index >= 15 is 0 Å². The molecule has 0 aromatic heterocycles. The van der Waals surface area contributed by atoms with Crippen molar-refractivity contribution in [1.82, 2.24) is 5.32 Å². The van der Waals surface area contributed by atoms with Crippen LogP contribution in [0.25, 0.3) is 0 Å². The number of benzene rings is 2. The molecule has 1 N–H and O–H groups in total. The SMILES string of the molecule is COc1cc(CNC2CCCC2)cc(Br)c1OCc1ccc(Cl)cc1Cl.Cl. The summed E-state index contributed by atoms with van der Waals surface area (Å²) in [5.41, 5.74) is 2.04. The van der Waals surface area contributed by atoms with Crippen LogP contribution in [0.2, 0.25) is 10.0 Å². The number of hydrogen-bond acceptors (Lipinski definition) is 3. The van der Waals surface area contributed by atoms with E-state index in [-0.39, 0.29) is 12.4 Å². The average Bonchev–Trinajstić information content (AvgIpc) is 3.13. The van der Waals surface area contributed by atoms with Crippen LogP contribution in [0.15, 0.2) is 34.8 Å². The fourth-order valence-electron chi connectivity index (χ4n) is 3.20. The van der Waals surface area contributed by atoms with Gasteiger partial charge in [0.25, 0.3) is 0 Å². The molecule has 0 heterocycles. The molecule has 1 aliphatic carbocycles. The molecule has 148 valence electrons. The molecular formula is C20H23BrCl3NO2. The topological polar surface area (TPSA) is 30.5 Å². The van der Waals surface area contributed by atoms with Gasteiger partial charge in [0.1, 0.15) is 6.61 Å². The molecule has 2 aromatic rings. The quantitative estimate of drug-likeness (QED) is 0.458. The van der Waals surface area contributed by atoms with Crippen LogP contribution in [0.1, 0.15) is 36.8 Å². The summed E-state index contributed by atoms with van der Waals surface area (Å²) in [6.45, 7) is 1.16. The van der Waals surface area contributed by atoms with Gasteiger partial charge in [0, 0.05) is 28.2 Å². The first-order valence-electron chi connectivity index (χ1n) is 8.73. The van der Waals surface area contributed by atoms with E-state index in [0.29, 0.717) is 34.2 Å². The van der Waals surface area contributed by atoms with Gasteiger partial charge in [0.05, 0.1) is 11.6 Å². The van der Waals surface area contributed by atoms with Crippen LogP contribution < -0.4 is 14.8 Å². The molecule has 7 heteroatoms. The zero-order chi connectivity index (χ0) is 18.5. The van der Waals surface area contributed by atoms with Gasteiger partial charge in [0.2, 0.25) is 0 Å². The van der Waals surface area contributed by atoms with Crippen LogP contribution in [0.5, 0.6) is 11.5 Å². The van der Waals surface area contributed by atoms with Gasteiger partial charge in [-0.1, -0.05) is 42.1 Å². The molecule has 3 rings (SSSR count). The second-order valence-corrected chi connectivity index (χ2v) is 8.19.